The average Bonchev–Trinajstić information content (AvgIpc) is 3.54. The number of rotatable bonds is 6. The van der Waals surface area contributed by atoms with Gasteiger partial charge >= 0.3 is 63.5 Å². The number of benzene rings is 3. The van der Waals surface area contributed by atoms with Crippen LogP contribution in [0, 0.1) is 0 Å². The van der Waals surface area contributed by atoms with Crippen LogP contribution in [0.5, 0.6) is 0 Å². The molecule has 34 heavy (non-hydrogen) atoms. The Morgan fingerprint density at radius 2 is 1.74 bits per heavy atom. The molecule has 0 unspecified atom stereocenters. The van der Waals surface area contributed by atoms with E-state index in [4.69, 9.17) is 0 Å². The normalized spacial score (nSPS) is 13.6. The Balaban J connectivity index is 0.00000171. The zero-order chi connectivity index (χ0) is 23.2. The van der Waals surface area contributed by atoms with Crippen molar-refractivity contribution < 1.29 is 75.9 Å². The topological polar surface area (TPSA) is 42.2 Å². The molecule has 4 aromatic rings. The van der Waals surface area contributed by atoms with Gasteiger partial charge in [-0.2, -0.15) is 13.2 Å². The maximum atomic E-state index is 13.2. The van der Waals surface area contributed by atoms with E-state index in [0.717, 1.165) is 28.0 Å². The zero-order valence-electron chi connectivity index (χ0n) is 19.5. The van der Waals surface area contributed by atoms with Gasteiger partial charge in [0.1, 0.15) is 5.69 Å². The Hall–Kier alpha value is -1.55. The fraction of sp³-hybridized carbons (Fsp3) is 0.192. The quantitative estimate of drug-likeness (QED) is 0.393. The maximum absolute atomic E-state index is 13.2. The van der Waals surface area contributed by atoms with E-state index in [-0.39, 0.29) is 65.0 Å². The number of thioether (sulfide) groups is 1. The van der Waals surface area contributed by atoms with Crippen LogP contribution in [0.1, 0.15) is 35.9 Å². The first-order valence-corrected chi connectivity index (χ1v) is 11.5. The molecule has 1 saturated carbocycles. The van der Waals surface area contributed by atoms with Crippen molar-refractivity contribution in [2.45, 2.75) is 35.7 Å². The summed E-state index contributed by atoms with van der Waals surface area (Å²) in [7, 11) is 0. The van der Waals surface area contributed by atoms with Gasteiger partial charge in [0, 0.05) is 33.2 Å². The van der Waals surface area contributed by atoms with Gasteiger partial charge in [0.15, 0.2) is 0 Å². The molecule has 3 aromatic carbocycles. The van der Waals surface area contributed by atoms with E-state index in [1.54, 1.807) is 22.8 Å². The van der Waals surface area contributed by atoms with Gasteiger partial charge in [-0.15, -0.1) is 11.8 Å². The van der Waals surface area contributed by atoms with Crippen molar-refractivity contribution in [3.63, 3.8) is 0 Å². The number of alkyl halides is 3. The fourth-order valence-corrected chi connectivity index (χ4v) is 5.14. The number of hydrogen-bond acceptors (Lipinski definition) is 2. The zero-order valence-corrected chi connectivity index (χ0v) is 22.4. The summed E-state index contributed by atoms with van der Waals surface area (Å²) in [5.74, 6) is -1.12. The van der Waals surface area contributed by atoms with Crippen LogP contribution < -0.4 is 51.4 Å². The van der Waals surface area contributed by atoms with Crippen molar-refractivity contribution >= 4 is 28.6 Å². The predicted octanol–water partition coefficient (Wildman–Crippen LogP) is 4.44. The van der Waals surface area contributed by atoms with E-state index >= 15 is 0 Å². The van der Waals surface area contributed by atoms with Crippen LogP contribution in [0.4, 0.5) is 13.2 Å². The molecule has 0 amide bonds. The minimum Gasteiger partial charge on any atom is -1.00 e. The SMILES string of the molecule is O=C(O)c1c(-c2ccc(SC3CC3)cc2)c2ccccc2n1Cc1cccc(C(F)(F)F)c1.[H-].[K+]. The largest absolute Gasteiger partial charge is 1.00 e. The number of nitrogens with zero attached hydrogens (tertiary/aromatic N) is 1. The van der Waals surface area contributed by atoms with E-state index in [1.165, 1.54) is 18.9 Å². The summed E-state index contributed by atoms with van der Waals surface area (Å²) in [6, 6.07) is 20.2. The number of halogens is 3. The molecular weight excluding hydrogens is 486 g/mol. The monoisotopic (exact) mass is 507 g/mol. The molecule has 0 aliphatic heterocycles. The van der Waals surface area contributed by atoms with Crippen molar-refractivity contribution in [1.82, 2.24) is 4.57 Å². The molecule has 0 saturated heterocycles. The van der Waals surface area contributed by atoms with Gasteiger partial charge in [-0.05, 0) is 54.3 Å². The number of carboxylic acids is 1. The Morgan fingerprint density at radius 1 is 1.03 bits per heavy atom. The molecule has 0 spiro atoms. The summed E-state index contributed by atoms with van der Waals surface area (Å²) in [5, 5.41) is 11.6. The molecule has 0 bridgehead atoms. The van der Waals surface area contributed by atoms with Crippen molar-refractivity contribution in [1.29, 1.82) is 0 Å². The molecule has 0 atom stereocenters. The Morgan fingerprint density at radius 3 is 2.38 bits per heavy atom. The van der Waals surface area contributed by atoms with Gasteiger partial charge in [0.2, 0.25) is 0 Å². The molecule has 8 heteroatoms. The molecule has 1 aliphatic carbocycles. The van der Waals surface area contributed by atoms with Crippen LogP contribution in [-0.2, 0) is 12.7 Å². The van der Waals surface area contributed by atoms with Gasteiger partial charge in [0.05, 0.1) is 5.56 Å². The second kappa shape index (κ2) is 10.2. The molecule has 1 aromatic heterocycles. The minimum absolute atomic E-state index is 0. The van der Waals surface area contributed by atoms with Gasteiger partial charge in [-0.25, -0.2) is 4.79 Å². The van der Waals surface area contributed by atoms with Crippen molar-refractivity contribution in [2.24, 2.45) is 0 Å². The first-order chi connectivity index (χ1) is 15.8. The molecule has 1 fully saturated rings. The summed E-state index contributed by atoms with van der Waals surface area (Å²) < 4.78 is 41.2. The van der Waals surface area contributed by atoms with Crippen LogP contribution in [0.15, 0.2) is 77.7 Å². The third kappa shape index (κ3) is 5.32. The second-order valence-corrected chi connectivity index (χ2v) is 9.55. The van der Waals surface area contributed by atoms with Crippen LogP contribution in [0.25, 0.3) is 22.0 Å². The summed E-state index contributed by atoms with van der Waals surface area (Å²) in [5.41, 5.74) is 1.71. The van der Waals surface area contributed by atoms with Gasteiger partial charge in [-0.1, -0.05) is 42.5 Å². The van der Waals surface area contributed by atoms with Crippen LogP contribution in [0.3, 0.4) is 0 Å². The first-order valence-electron chi connectivity index (χ1n) is 10.6. The third-order valence-corrected chi connectivity index (χ3v) is 7.09. The summed E-state index contributed by atoms with van der Waals surface area (Å²) in [6.45, 7) is 0.0156. The van der Waals surface area contributed by atoms with Crippen molar-refractivity contribution in [2.75, 3.05) is 0 Å². The van der Waals surface area contributed by atoms with Gasteiger partial charge in [-0.3, -0.25) is 0 Å². The predicted molar refractivity (Wildman–Crippen MR) is 125 cm³/mol. The average molecular weight is 508 g/mol. The molecule has 0 radical (unpaired) electrons. The summed E-state index contributed by atoms with van der Waals surface area (Å²) in [4.78, 5) is 13.6. The van der Waals surface area contributed by atoms with E-state index in [9.17, 15) is 23.1 Å². The standard InChI is InChI=1S/C26H20F3NO2S.K.H/c27-26(28,29)18-5-3-4-16(14-18)15-30-22-7-2-1-6-21(22)23(24(30)25(31)32)17-8-10-19(11-9-17)33-20-12-13-20;;/h1-11,14,20H,12-13,15H2,(H,31,32);;/q;+1;-1. The summed E-state index contributed by atoms with van der Waals surface area (Å²) in [6.07, 6.45) is -2.02. The van der Waals surface area contributed by atoms with Crippen LogP contribution >= 0.6 is 11.8 Å². The Kier molecular flexibility index (Phi) is 7.66. The number of fused-ring (bicyclic) bond motifs is 1. The molecule has 3 nitrogen and oxygen atoms in total. The fourth-order valence-electron chi connectivity index (χ4n) is 4.09. The van der Waals surface area contributed by atoms with Crippen LogP contribution in [0.2, 0.25) is 0 Å². The van der Waals surface area contributed by atoms with E-state index < -0.39 is 17.7 Å². The molecule has 1 N–H and O–H groups in total. The van der Waals surface area contributed by atoms with Crippen molar-refractivity contribution in [3.8, 4) is 11.1 Å². The van der Waals surface area contributed by atoms with Gasteiger partial charge < -0.3 is 11.1 Å². The Bertz CT molecular complexity index is 1350. The van der Waals surface area contributed by atoms with Gasteiger partial charge in [0.25, 0.3) is 0 Å². The second-order valence-electron chi connectivity index (χ2n) is 8.17. The molecule has 170 valence electrons. The number of hydrogen-bond donors (Lipinski definition) is 1. The van der Waals surface area contributed by atoms with Crippen LogP contribution in [-0.4, -0.2) is 20.9 Å². The number of para-hydroxylation sites is 1. The first kappa shape index (κ1) is 25.5. The minimum atomic E-state index is -4.46. The van der Waals surface area contributed by atoms with E-state index in [0.29, 0.717) is 21.9 Å². The molecular formula is C26H21F3KNO2S. The third-order valence-electron chi connectivity index (χ3n) is 5.74. The number of aromatic nitrogens is 1. The van der Waals surface area contributed by atoms with E-state index in [1.807, 2.05) is 48.2 Å². The maximum Gasteiger partial charge on any atom is 1.00 e. The van der Waals surface area contributed by atoms with E-state index in [2.05, 4.69) is 0 Å². The van der Waals surface area contributed by atoms with Crippen molar-refractivity contribution in [3.05, 3.63) is 89.6 Å². The molecule has 1 heterocycles. The molecule has 1 aliphatic rings. The Labute approximate surface area is 243 Å². The number of carboxylic acid groups (broad SMARTS) is 1. The number of carbonyl (C=O) groups is 1. The smallest absolute Gasteiger partial charge is 1.00 e. The molecule has 5 rings (SSSR count). The number of aromatic carboxylic acids is 1. The summed E-state index contributed by atoms with van der Waals surface area (Å²) >= 11 is 1.82.